The number of carboxylic acid groups (broad SMARTS) is 1. The fraction of sp³-hybridized carbons (Fsp3) is 0.857. The Hall–Kier alpha value is -1.34. The molecule has 1 aliphatic carbocycles. The lowest BCUT2D eigenvalue weighted by atomic mass is 9.64. The monoisotopic (exact) mass is 300 g/mol. The van der Waals surface area contributed by atoms with Gasteiger partial charge in [0.05, 0.1) is 12.2 Å². The number of aliphatic hydroxyl groups is 1. The van der Waals surface area contributed by atoms with Crippen molar-refractivity contribution in [1.29, 1.82) is 0 Å². The summed E-state index contributed by atoms with van der Waals surface area (Å²) in [5.41, 5.74) is -0.178. The summed E-state index contributed by atoms with van der Waals surface area (Å²) in [6.45, 7) is 6.68. The van der Waals surface area contributed by atoms with Crippen molar-refractivity contribution in [2.45, 2.75) is 57.9 Å². The van der Waals surface area contributed by atoms with E-state index in [-0.39, 0.29) is 30.5 Å². The highest BCUT2D eigenvalue weighted by molar-refractivity contribution is 5.83. The molecule has 1 aliphatic heterocycles. The first-order chi connectivity index (χ1) is 9.77. The van der Waals surface area contributed by atoms with E-state index in [0.29, 0.717) is 6.61 Å². The van der Waals surface area contributed by atoms with Gasteiger partial charge in [-0.15, -0.1) is 0 Å². The summed E-state index contributed by atoms with van der Waals surface area (Å²) in [7, 11) is 0. The summed E-state index contributed by atoms with van der Waals surface area (Å²) in [5.74, 6) is -1.08. The van der Waals surface area contributed by atoms with Crippen LogP contribution in [0.3, 0.4) is 0 Å². The zero-order chi connectivity index (χ0) is 15.8. The van der Waals surface area contributed by atoms with Gasteiger partial charge >= 0.3 is 12.0 Å². The third-order valence-corrected chi connectivity index (χ3v) is 4.67. The van der Waals surface area contributed by atoms with E-state index >= 15 is 0 Å². The maximum atomic E-state index is 12.3. The lowest BCUT2D eigenvalue weighted by Crippen LogP contribution is -2.64. The molecule has 0 aromatic carbocycles. The molecule has 1 saturated heterocycles. The largest absolute Gasteiger partial charge is 0.480 e. The molecule has 4 atom stereocenters. The van der Waals surface area contributed by atoms with Gasteiger partial charge in [-0.3, -0.25) is 0 Å². The molecule has 2 fully saturated rings. The fourth-order valence-corrected chi connectivity index (χ4v) is 3.12. The Morgan fingerprint density at radius 1 is 1.38 bits per heavy atom. The molecule has 0 aromatic rings. The number of aliphatic hydroxyl groups excluding tert-OH is 1. The van der Waals surface area contributed by atoms with Gasteiger partial charge < -0.3 is 25.2 Å². The highest BCUT2D eigenvalue weighted by atomic mass is 16.5. The van der Waals surface area contributed by atoms with E-state index in [1.54, 1.807) is 0 Å². The molecule has 120 valence electrons. The van der Waals surface area contributed by atoms with E-state index in [0.717, 1.165) is 6.42 Å². The Bertz CT molecular complexity index is 426. The SMILES string of the molecule is CCOC1CC(NC(=O)N2C[C@@H](O)C[C@H]2C(=O)O)C1(C)C. The Morgan fingerprint density at radius 2 is 2.05 bits per heavy atom. The Balaban J connectivity index is 1.95. The quantitative estimate of drug-likeness (QED) is 0.699. The number of rotatable bonds is 4. The number of β-amino-alcohol motifs (C(OH)–C–C–N with tert-alkyl or cyclic N) is 1. The molecule has 7 heteroatoms. The van der Waals surface area contributed by atoms with Crippen LogP contribution in [0, 0.1) is 5.41 Å². The number of hydrogen-bond donors (Lipinski definition) is 3. The zero-order valence-electron chi connectivity index (χ0n) is 12.7. The number of likely N-dealkylation sites (tertiary alicyclic amines) is 1. The Labute approximate surface area is 124 Å². The number of ether oxygens (including phenoxy) is 1. The molecule has 7 nitrogen and oxygen atoms in total. The summed E-state index contributed by atoms with van der Waals surface area (Å²) in [4.78, 5) is 24.6. The number of carbonyl (C=O) groups is 2. The number of carboxylic acids is 1. The van der Waals surface area contributed by atoms with Crippen LogP contribution < -0.4 is 5.32 Å². The molecule has 1 heterocycles. The molecule has 0 spiro atoms. The van der Waals surface area contributed by atoms with Crippen molar-refractivity contribution in [2.75, 3.05) is 13.2 Å². The van der Waals surface area contributed by atoms with E-state index in [9.17, 15) is 14.7 Å². The molecule has 3 N–H and O–H groups in total. The van der Waals surface area contributed by atoms with Crippen molar-refractivity contribution in [3.63, 3.8) is 0 Å². The van der Waals surface area contributed by atoms with Crippen LogP contribution in [0.2, 0.25) is 0 Å². The third kappa shape index (κ3) is 2.98. The number of nitrogens with zero attached hydrogens (tertiary/aromatic N) is 1. The van der Waals surface area contributed by atoms with Gasteiger partial charge in [-0.2, -0.15) is 0 Å². The van der Waals surface area contributed by atoms with Crippen LogP contribution in [0.15, 0.2) is 0 Å². The highest BCUT2D eigenvalue weighted by Crippen LogP contribution is 2.42. The molecule has 2 aliphatic rings. The molecule has 0 aromatic heterocycles. The van der Waals surface area contributed by atoms with Crippen LogP contribution in [0.25, 0.3) is 0 Å². The van der Waals surface area contributed by atoms with Gasteiger partial charge in [0, 0.05) is 31.0 Å². The number of hydrogen-bond acceptors (Lipinski definition) is 4. The van der Waals surface area contributed by atoms with Crippen molar-refractivity contribution >= 4 is 12.0 Å². The van der Waals surface area contributed by atoms with E-state index < -0.39 is 24.1 Å². The topological polar surface area (TPSA) is 99.1 Å². The van der Waals surface area contributed by atoms with Crippen LogP contribution >= 0.6 is 0 Å². The van der Waals surface area contributed by atoms with Crippen LogP contribution in [-0.4, -0.2) is 64.6 Å². The molecule has 2 unspecified atom stereocenters. The normalized spacial score (nSPS) is 34.4. The average molecular weight is 300 g/mol. The van der Waals surface area contributed by atoms with Gasteiger partial charge in [-0.25, -0.2) is 9.59 Å². The lowest BCUT2D eigenvalue weighted by molar-refractivity contribution is -0.141. The first-order valence-corrected chi connectivity index (χ1v) is 7.37. The van der Waals surface area contributed by atoms with Gasteiger partial charge in [0.1, 0.15) is 6.04 Å². The zero-order valence-corrected chi connectivity index (χ0v) is 12.7. The lowest BCUT2D eigenvalue weighted by Gasteiger charge is -2.51. The van der Waals surface area contributed by atoms with Crippen molar-refractivity contribution in [3.05, 3.63) is 0 Å². The minimum absolute atomic E-state index is 0.0475. The first kappa shape index (κ1) is 16.0. The Morgan fingerprint density at radius 3 is 2.57 bits per heavy atom. The van der Waals surface area contributed by atoms with Crippen molar-refractivity contribution in [2.24, 2.45) is 5.41 Å². The number of nitrogens with one attached hydrogen (secondary N) is 1. The third-order valence-electron chi connectivity index (χ3n) is 4.67. The van der Waals surface area contributed by atoms with Crippen LogP contribution in [0.1, 0.15) is 33.6 Å². The predicted octanol–water partition coefficient (Wildman–Crippen LogP) is 0.419. The maximum Gasteiger partial charge on any atom is 0.326 e. The van der Waals surface area contributed by atoms with E-state index in [1.165, 1.54) is 4.90 Å². The molecule has 1 saturated carbocycles. The van der Waals surface area contributed by atoms with Crippen molar-refractivity contribution < 1.29 is 24.5 Å². The summed E-state index contributed by atoms with van der Waals surface area (Å²) >= 11 is 0. The number of aliphatic carboxylic acids is 1. The van der Waals surface area contributed by atoms with E-state index in [2.05, 4.69) is 5.32 Å². The molecule has 2 rings (SSSR count). The first-order valence-electron chi connectivity index (χ1n) is 7.37. The summed E-state index contributed by atoms with van der Waals surface area (Å²) < 4.78 is 5.61. The summed E-state index contributed by atoms with van der Waals surface area (Å²) in [6.07, 6.45) is 0.133. The van der Waals surface area contributed by atoms with Gasteiger partial charge in [0.2, 0.25) is 0 Å². The van der Waals surface area contributed by atoms with E-state index in [1.807, 2.05) is 20.8 Å². The number of carbonyl (C=O) groups excluding carboxylic acids is 1. The van der Waals surface area contributed by atoms with Crippen LogP contribution in [0.4, 0.5) is 4.79 Å². The Kier molecular flexibility index (Phi) is 4.43. The second-order valence-electron chi connectivity index (χ2n) is 6.40. The molecule has 0 radical (unpaired) electrons. The predicted molar refractivity (Wildman–Crippen MR) is 74.9 cm³/mol. The van der Waals surface area contributed by atoms with Gasteiger partial charge in [0.25, 0.3) is 0 Å². The molecule has 2 amide bonds. The summed E-state index contributed by atoms with van der Waals surface area (Å²) in [6, 6.07) is -1.42. The molecule has 21 heavy (non-hydrogen) atoms. The second kappa shape index (κ2) is 5.81. The maximum absolute atomic E-state index is 12.3. The van der Waals surface area contributed by atoms with Crippen molar-refractivity contribution in [3.8, 4) is 0 Å². The molecular weight excluding hydrogens is 276 g/mol. The van der Waals surface area contributed by atoms with Crippen molar-refractivity contribution in [1.82, 2.24) is 10.2 Å². The molecule has 0 bridgehead atoms. The average Bonchev–Trinajstić information content (AvgIpc) is 2.80. The minimum atomic E-state index is -1.08. The smallest absolute Gasteiger partial charge is 0.326 e. The molecular formula is C14H24N2O5. The van der Waals surface area contributed by atoms with E-state index in [4.69, 9.17) is 9.84 Å². The standard InChI is InChI=1S/C14H24N2O5/c1-4-21-11-6-10(14(11,2)3)15-13(20)16-7-8(17)5-9(16)12(18)19/h8-11,17H,4-7H2,1-3H3,(H,15,20)(H,18,19)/t8-,9-,10?,11?/m0/s1. The summed E-state index contributed by atoms with van der Waals surface area (Å²) in [5, 5.41) is 21.6. The minimum Gasteiger partial charge on any atom is -0.480 e. The van der Waals surface area contributed by atoms with Gasteiger partial charge in [-0.1, -0.05) is 13.8 Å². The number of urea groups is 1. The fourth-order valence-electron chi connectivity index (χ4n) is 3.12. The second-order valence-corrected chi connectivity index (χ2v) is 6.40. The highest BCUT2D eigenvalue weighted by Gasteiger charge is 2.50. The van der Waals surface area contributed by atoms with Crippen LogP contribution in [-0.2, 0) is 9.53 Å². The van der Waals surface area contributed by atoms with Crippen LogP contribution in [0.5, 0.6) is 0 Å². The van der Waals surface area contributed by atoms with Gasteiger partial charge in [-0.05, 0) is 13.3 Å². The van der Waals surface area contributed by atoms with Gasteiger partial charge in [0.15, 0.2) is 0 Å². The number of amides is 2.